The molecule has 0 aliphatic rings. The van der Waals surface area contributed by atoms with E-state index >= 15 is 0 Å². The minimum absolute atomic E-state index is 0.0332. The summed E-state index contributed by atoms with van der Waals surface area (Å²) in [6.45, 7) is 4.00. The van der Waals surface area contributed by atoms with Crippen LogP contribution in [0.5, 0.6) is 0 Å². The zero-order valence-electron chi connectivity index (χ0n) is 10.2. The van der Waals surface area contributed by atoms with E-state index in [0.29, 0.717) is 12.0 Å². The van der Waals surface area contributed by atoms with Gasteiger partial charge in [0.1, 0.15) is 0 Å². The van der Waals surface area contributed by atoms with Crippen molar-refractivity contribution in [2.24, 2.45) is 0 Å². The largest absolute Gasteiger partial charge is 0.396 e. The molecule has 2 N–H and O–H groups in total. The number of hydrogen-bond acceptors (Lipinski definition) is 2. The highest BCUT2D eigenvalue weighted by molar-refractivity contribution is 9.10. The highest BCUT2D eigenvalue weighted by Crippen LogP contribution is 2.16. The molecule has 1 unspecified atom stereocenters. The van der Waals surface area contributed by atoms with E-state index in [1.165, 1.54) is 0 Å². The molecule has 4 heteroatoms. The number of aliphatic hydroxyl groups is 1. The van der Waals surface area contributed by atoms with Crippen LogP contribution in [0.4, 0.5) is 0 Å². The molecule has 0 heterocycles. The van der Waals surface area contributed by atoms with Gasteiger partial charge >= 0.3 is 0 Å². The molecule has 1 aromatic carbocycles. The van der Waals surface area contributed by atoms with Gasteiger partial charge in [-0.25, -0.2) is 0 Å². The molecule has 0 bridgehead atoms. The van der Waals surface area contributed by atoms with Gasteiger partial charge in [-0.1, -0.05) is 28.9 Å². The van der Waals surface area contributed by atoms with E-state index < -0.39 is 0 Å². The van der Waals surface area contributed by atoms with E-state index in [4.69, 9.17) is 5.11 Å². The summed E-state index contributed by atoms with van der Waals surface area (Å²) in [6.07, 6.45) is 1.41. The summed E-state index contributed by atoms with van der Waals surface area (Å²) >= 11 is 3.36. The van der Waals surface area contributed by atoms with E-state index in [1.807, 2.05) is 32.0 Å². The second-order valence-electron chi connectivity index (χ2n) is 4.05. The Morgan fingerprint density at radius 2 is 2.24 bits per heavy atom. The Balaban J connectivity index is 2.78. The quantitative estimate of drug-likeness (QED) is 0.878. The van der Waals surface area contributed by atoms with E-state index in [9.17, 15) is 4.79 Å². The number of halogens is 1. The Hall–Kier alpha value is -0.870. The maximum absolute atomic E-state index is 12.0. The van der Waals surface area contributed by atoms with Crippen LogP contribution < -0.4 is 5.32 Å². The summed E-state index contributed by atoms with van der Waals surface area (Å²) in [7, 11) is 0. The molecule has 0 spiro atoms. The number of aliphatic hydroxyl groups excluding tert-OH is 1. The first-order chi connectivity index (χ1) is 8.08. The molecule has 1 rings (SSSR count). The molecule has 0 saturated carbocycles. The van der Waals surface area contributed by atoms with Gasteiger partial charge in [-0.3, -0.25) is 4.79 Å². The Morgan fingerprint density at radius 3 is 2.82 bits per heavy atom. The smallest absolute Gasteiger partial charge is 0.251 e. The molecule has 0 saturated heterocycles. The summed E-state index contributed by atoms with van der Waals surface area (Å²) in [4.78, 5) is 12.0. The summed E-state index contributed by atoms with van der Waals surface area (Å²) in [5, 5.41) is 11.8. The molecule has 1 amide bonds. The van der Waals surface area contributed by atoms with Crippen molar-refractivity contribution < 1.29 is 9.90 Å². The van der Waals surface area contributed by atoms with Crippen LogP contribution >= 0.6 is 15.9 Å². The van der Waals surface area contributed by atoms with Gasteiger partial charge in [0.2, 0.25) is 0 Å². The molecule has 1 atom stereocenters. The van der Waals surface area contributed by atoms with E-state index in [1.54, 1.807) is 0 Å². The first-order valence-corrected chi connectivity index (χ1v) is 6.55. The van der Waals surface area contributed by atoms with Gasteiger partial charge in [-0.15, -0.1) is 0 Å². The monoisotopic (exact) mass is 299 g/mol. The number of carbonyl (C=O) groups is 1. The first-order valence-electron chi connectivity index (χ1n) is 5.76. The van der Waals surface area contributed by atoms with Crippen molar-refractivity contribution in [1.82, 2.24) is 5.32 Å². The van der Waals surface area contributed by atoms with Gasteiger partial charge in [0.05, 0.1) is 0 Å². The molecule has 0 radical (unpaired) electrons. The van der Waals surface area contributed by atoms with Gasteiger partial charge in [-0.05, 0) is 37.5 Å². The van der Waals surface area contributed by atoms with Crippen LogP contribution in [0.25, 0.3) is 0 Å². The standard InChI is InChI=1S/C13H18BrNO2/c1-3-11(6-7-16)15-13(17)12-8-10(14)5-4-9(12)2/h4-5,8,11,16H,3,6-7H2,1-2H3,(H,15,17). The van der Waals surface area contributed by atoms with Crippen LogP contribution in [-0.2, 0) is 0 Å². The van der Waals surface area contributed by atoms with Crippen molar-refractivity contribution in [3.63, 3.8) is 0 Å². The Morgan fingerprint density at radius 1 is 1.53 bits per heavy atom. The minimum Gasteiger partial charge on any atom is -0.396 e. The van der Waals surface area contributed by atoms with Crippen molar-refractivity contribution in [2.45, 2.75) is 32.7 Å². The lowest BCUT2D eigenvalue weighted by atomic mass is 10.1. The van der Waals surface area contributed by atoms with Crippen LogP contribution in [0.1, 0.15) is 35.7 Å². The third kappa shape index (κ3) is 4.13. The Kier molecular flexibility index (Phi) is 5.65. The average Bonchev–Trinajstić information content (AvgIpc) is 2.31. The zero-order valence-corrected chi connectivity index (χ0v) is 11.8. The molecule has 17 heavy (non-hydrogen) atoms. The van der Waals surface area contributed by atoms with Gasteiger partial charge < -0.3 is 10.4 Å². The summed E-state index contributed by atoms with van der Waals surface area (Å²) < 4.78 is 0.892. The van der Waals surface area contributed by atoms with Gasteiger partial charge in [0, 0.05) is 22.7 Å². The lowest BCUT2D eigenvalue weighted by Crippen LogP contribution is -2.35. The average molecular weight is 300 g/mol. The number of amides is 1. The molecule has 0 fully saturated rings. The van der Waals surface area contributed by atoms with Gasteiger partial charge in [0.25, 0.3) is 5.91 Å². The van der Waals surface area contributed by atoms with E-state index in [-0.39, 0.29) is 18.6 Å². The number of carbonyl (C=O) groups excluding carboxylic acids is 1. The second-order valence-corrected chi connectivity index (χ2v) is 4.97. The summed E-state index contributed by atoms with van der Waals surface area (Å²) in [6, 6.07) is 5.67. The molecule has 3 nitrogen and oxygen atoms in total. The SMILES string of the molecule is CCC(CCO)NC(=O)c1cc(Br)ccc1C. The molecule has 1 aromatic rings. The van der Waals surface area contributed by atoms with Crippen LogP contribution in [0.15, 0.2) is 22.7 Å². The third-order valence-electron chi connectivity index (χ3n) is 2.75. The molecule has 0 aliphatic carbocycles. The third-order valence-corrected chi connectivity index (χ3v) is 3.24. The number of aryl methyl sites for hydroxylation is 1. The fourth-order valence-electron chi connectivity index (χ4n) is 1.64. The highest BCUT2D eigenvalue weighted by Gasteiger charge is 2.13. The van der Waals surface area contributed by atoms with Crippen LogP contribution in [-0.4, -0.2) is 23.7 Å². The van der Waals surface area contributed by atoms with Crippen molar-refractivity contribution in [3.8, 4) is 0 Å². The second kappa shape index (κ2) is 6.77. The predicted molar refractivity (Wildman–Crippen MR) is 72.1 cm³/mol. The zero-order chi connectivity index (χ0) is 12.8. The lowest BCUT2D eigenvalue weighted by molar-refractivity contribution is 0.0928. The van der Waals surface area contributed by atoms with Crippen LogP contribution in [0.2, 0.25) is 0 Å². The Bertz CT molecular complexity index is 393. The van der Waals surface area contributed by atoms with Crippen LogP contribution in [0.3, 0.4) is 0 Å². The van der Waals surface area contributed by atoms with Gasteiger partial charge in [0.15, 0.2) is 0 Å². The summed E-state index contributed by atoms with van der Waals surface area (Å²) in [5.41, 5.74) is 1.63. The van der Waals surface area contributed by atoms with Crippen LogP contribution in [0, 0.1) is 6.92 Å². The molecule has 0 aromatic heterocycles. The van der Waals surface area contributed by atoms with E-state index in [0.717, 1.165) is 16.5 Å². The summed E-state index contributed by atoms with van der Waals surface area (Å²) in [5.74, 6) is -0.0795. The Labute approximate surface area is 110 Å². The number of benzene rings is 1. The predicted octanol–water partition coefficient (Wildman–Crippen LogP) is 2.65. The fraction of sp³-hybridized carbons (Fsp3) is 0.462. The molecular weight excluding hydrogens is 282 g/mol. The first kappa shape index (κ1) is 14.2. The minimum atomic E-state index is -0.0795. The molecule has 94 valence electrons. The van der Waals surface area contributed by atoms with Crippen molar-refractivity contribution in [2.75, 3.05) is 6.61 Å². The molecular formula is C13H18BrNO2. The van der Waals surface area contributed by atoms with E-state index in [2.05, 4.69) is 21.2 Å². The normalized spacial score (nSPS) is 12.2. The van der Waals surface area contributed by atoms with Crippen molar-refractivity contribution in [1.29, 1.82) is 0 Å². The molecule has 0 aliphatic heterocycles. The lowest BCUT2D eigenvalue weighted by Gasteiger charge is -2.16. The number of nitrogens with one attached hydrogen (secondary N) is 1. The maximum atomic E-state index is 12.0. The van der Waals surface area contributed by atoms with Crippen molar-refractivity contribution in [3.05, 3.63) is 33.8 Å². The van der Waals surface area contributed by atoms with Gasteiger partial charge in [-0.2, -0.15) is 0 Å². The number of rotatable bonds is 5. The highest BCUT2D eigenvalue weighted by atomic mass is 79.9. The van der Waals surface area contributed by atoms with Crippen molar-refractivity contribution >= 4 is 21.8 Å². The topological polar surface area (TPSA) is 49.3 Å². The maximum Gasteiger partial charge on any atom is 0.251 e. The fourth-order valence-corrected chi connectivity index (χ4v) is 2.00. The number of hydrogen-bond donors (Lipinski definition) is 2.